The molecule has 3 aliphatic heterocycles. The maximum atomic E-state index is 12.5. The topological polar surface area (TPSA) is 167 Å². The van der Waals surface area contributed by atoms with Crippen LogP contribution in [-0.2, 0) is 31.8 Å². The van der Waals surface area contributed by atoms with Gasteiger partial charge in [-0.2, -0.15) is 14.1 Å². The molecule has 0 saturated carbocycles. The molecule has 0 radical (unpaired) electrons. The van der Waals surface area contributed by atoms with Crippen molar-refractivity contribution < 1.29 is 27.5 Å². The number of piperidine rings is 1. The summed E-state index contributed by atoms with van der Waals surface area (Å²) in [7, 11) is 0. The number of urea groups is 1. The van der Waals surface area contributed by atoms with Gasteiger partial charge in [-0.05, 0) is 30.4 Å². The molecule has 1 aromatic heterocycles. The highest BCUT2D eigenvalue weighted by Crippen LogP contribution is 2.30. The Bertz CT molecular complexity index is 765. The fourth-order valence-electron chi connectivity index (χ4n) is 4.02. The number of aromatic nitrogens is 4. The molecule has 160 valence electrons. The van der Waals surface area contributed by atoms with E-state index < -0.39 is 29.3 Å². The van der Waals surface area contributed by atoms with E-state index in [1.807, 2.05) is 0 Å². The molecule has 3 aliphatic rings. The molecule has 4 rings (SSSR count). The van der Waals surface area contributed by atoms with Crippen LogP contribution in [0.3, 0.4) is 0 Å². The van der Waals surface area contributed by atoms with E-state index in [-0.39, 0.29) is 25.2 Å². The third-order valence-corrected chi connectivity index (χ3v) is 5.63. The third kappa shape index (κ3) is 4.53. The molecule has 0 aliphatic carbocycles. The van der Waals surface area contributed by atoms with Crippen LogP contribution in [-0.4, -0.2) is 88.7 Å². The number of tetrazole rings is 1. The summed E-state index contributed by atoms with van der Waals surface area (Å²) >= 11 is -2.84. The van der Waals surface area contributed by atoms with Crippen LogP contribution in [0.25, 0.3) is 0 Å². The molecule has 0 spiro atoms. The first-order valence-electron chi connectivity index (χ1n) is 9.24. The average Bonchev–Trinajstić information content (AvgIpc) is 3.41. The number of carbonyl (C=O) groups excluding carboxylic acids is 2. The number of hydroxylamine groups is 3. The van der Waals surface area contributed by atoms with Crippen LogP contribution in [0.2, 0.25) is 0 Å². The Labute approximate surface area is 168 Å². The smallest absolute Gasteiger partial charge is 0.346 e. The molecule has 2 N–H and O–H groups in total. The maximum Gasteiger partial charge on any atom is 0.346 e. The van der Waals surface area contributed by atoms with E-state index in [0.29, 0.717) is 25.3 Å². The fraction of sp³-hybridized carbons (Fsp3) is 0.786. The van der Waals surface area contributed by atoms with Gasteiger partial charge in [0, 0.05) is 19.1 Å². The predicted molar refractivity (Wildman–Crippen MR) is 92.6 cm³/mol. The second-order valence-corrected chi connectivity index (χ2v) is 7.82. The van der Waals surface area contributed by atoms with Gasteiger partial charge in [-0.15, -0.1) is 10.2 Å². The number of hydrogen-bond acceptors (Lipinski definition) is 10. The minimum Gasteiger partial charge on any atom is -0.748 e. The van der Waals surface area contributed by atoms with E-state index in [4.69, 9.17) is 4.84 Å². The van der Waals surface area contributed by atoms with Crippen molar-refractivity contribution in [3.8, 4) is 0 Å². The zero-order valence-corrected chi connectivity index (χ0v) is 16.2. The first-order valence-corrected chi connectivity index (χ1v) is 10.2. The normalized spacial score (nSPS) is 30.0. The lowest BCUT2D eigenvalue weighted by atomic mass is 10.0. The van der Waals surface area contributed by atoms with Crippen LogP contribution in [0.1, 0.15) is 19.3 Å². The molecule has 1 aromatic rings. The summed E-state index contributed by atoms with van der Waals surface area (Å²) in [6.45, 7) is 1.95. The van der Waals surface area contributed by atoms with E-state index >= 15 is 0 Å². The number of amides is 3. The van der Waals surface area contributed by atoms with E-state index in [9.17, 15) is 18.4 Å². The van der Waals surface area contributed by atoms with Crippen molar-refractivity contribution in [2.24, 2.45) is 5.92 Å². The van der Waals surface area contributed by atoms with Crippen LogP contribution >= 0.6 is 0 Å². The summed E-state index contributed by atoms with van der Waals surface area (Å²) < 4.78 is 26.0. The maximum absolute atomic E-state index is 12.5. The van der Waals surface area contributed by atoms with E-state index in [0.717, 1.165) is 18.0 Å². The van der Waals surface area contributed by atoms with Gasteiger partial charge in [0.25, 0.3) is 5.91 Å². The molecule has 14 nitrogen and oxygen atoms in total. The van der Waals surface area contributed by atoms with Crippen molar-refractivity contribution in [2.75, 3.05) is 19.7 Å². The van der Waals surface area contributed by atoms with Gasteiger partial charge >= 0.3 is 6.03 Å². The highest BCUT2D eigenvalue weighted by molar-refractivity contribution is 7.74. The summed E-state index contributed by atoms with van der Waals surface area (Å²) in [5.41, 5.74) is 2.40. The Morgan fingerprint density at radius 3 is 3.07 bits per heavy atom. The van der Waals surface area contributed by atoms with Gasteiger partial charge in [0.1, 0.15) is 17.4 Å². The lowest BCUT2D eigenvalue weighted by molar-refractivity contribution is -0.139. The molecule has 29 heavy (non-hydrogen) atoms. The summed E-state index contributed by atoms with van der Waals surface area (Å²) in [5, 5.41) is 15.6. The van der Waals surface area contributed by atoms with Gasteiger partial charge < -0.3 is 14.8 Å². The van der Waals surface area contributed by atoms with Crippen LogP contribution < -0.4 is 10.8 Å². The molecule has 3 unspecified atom stereocenters. The van der Waals surface area contributed by atoms with Crippen molar-refractivity contribution in [2.45, 2.75) is 43.9 Å². The molecule has 15 heteroatoms. The number of nitrogens with one attached hydrogen (secondary N) is 2. The van der Waals surface area contributed by atoms with Crippen molar-refractivity contribution in [1.82, 2.24) is 41.0 Å². The minimum atomic E-state index is -2.84. The minimum absolute atomic E-state index is 0.0731. The summed E-state index contributed by atoms with van der Waals surface area (Å²) in [4.78, 5) is 32.9. The SMILES string of the molecule is O=C(NOC[C@@H]1C[C@H](Cn2ncnn2)CN1)C1CCC2CN1C(=O)N2OS(=O)[O-]. The van der Waals surface area contributed by atoms with E-state index in [2.05, 4.69) is 30.5 Å². The van der Waals surface area contributed by atoms with Crippen LogP contribution in [0.4, 0.5) is 4.79 Å². The average molecular weight is 429 g/mol. The van der Waals surface area contributed by atoms with Crippen LogP contribution in [0, 0.1) is 5.92 Å². The van der Waals surface area contributed by atoms with Crippen molar-refractivity contribution in [3.63, 3.8) is 0 Å². The molecule has 3 amide bonds. The quantitative estimate of drug-likeness (QED) is 0.338. The molecule has 4 heterocycles. The van der Waals surface area contributed by atoms with Crippen LogP contribution in [0.5, 0.6) is 0 Å². The molecule has 3 saturated heterocycles. The zero-order chi connectivity index (χ0) is 20.4. The molecule has 0 aromatic carbocycles. The number of carbonyl (C=O) groups is 2. The second kappa shape index (κ2) is 8.66. The zero-order valence-electron chi connectivity index (χ0n) is 15.4. The molecular formula is C14H21N8O6S-. The lowest BCUT2D eigenvalue weighted by Crippen LogP contribution is -2.50. The van der Waals surface area contributed by atoms with Gasteiger partial charge in [-0.25, -0.2) is 14.5 Å². The van der Waals surface area contributed by atoms with Gasteiger partial charge in [-0.1, -0.05) is 0 Å². The molecular weight excluding hydrogens is 408 g/mol. The van der Waals surface area contributed by atoms with Crippen molar-refractivity contribution in [3.05, 3.63) is 6.33 Å². The monoisotopic (exact) mass is 429 g/mol. The Morgan fingerprint density at radius 1 is 1.45 bits per heavy atom. The first-order chi connectivity index (χ1) is 14.0. The van der Waals surface area contributed by atoms with Gasteiger partial charge in [0.05, 0.1) is 19.2 Å². The molecule has 5 atom stereocenters. The molecule has 3 fully saturated rings. The number of nitrogens with zero attached hydrogens (tertiary/aromatic N) is 6. The Morgan fingerprint density at radius 2 is 2.31 bits per heavy atom. The Balaban J connectivity index is 1.20. The fourth-order valence-corrected chi connectivity index (χ4v) is 4.34. The number of fused-ring (bicyclic) bond motifs is 2. The predicted octanol–water partition coefficient (Wildman–Crippen LogP) is -2.31. The number of rotatable bonds is 8. The van der Waals surface area contributed by atoms with Crippen molar-refractivity contribution in [1.29, 1.82) is 0 Å². The lowest BCUT2D eigenvalue weighted by Gasteiger charge is -2.29. The Kier molecular flexibility index (Phi) is 6.00. The van der Waals surface area contributed by atoms with E-state index in [1.165, 1.54) is 16.0 Å². The third-order valence-electron chi connectivity index (χ3n) is 5.35. The summed E-state index contributed by atoms with van der Waals surface area (Å²) in [5.74, 6) is -0.105. The summed E-state index contributed by atoms with van der Waals surface area (Å²) in [6, 6.07) is -1.68. The highest BCUT2D eigenvalue weighted by atomic mass is 32.2. The van der Waals surface area contributed by atoms with Crippen LogP contribution in [0.15, 0.2) is 6.33 Å². The van der Waals surface area contributed by atoms with Crippen molar-refractivity contribution >= 4 is 23.3 Å². The van der Waals surface area contributed by atoms with Gasteiger partial charge in [-0.3, -0.25) is 9.63 Å². The number of hydrogen-bond donors (Lipinski definition) is 2. The van der Waals surface area contributed by atoms with Gasteiger partial charge in [0.2, 0.25) is 0 Å². The Hall–Kier alpha value is -2.20. The standard InChI is InChI=1S/C14H22N8O6S/c23-13(12-2-1-11-6-20(12)14(24)22(11)28-29(25)26)18-27-7-10-3-9(4-15-10)5-21-17-8-16-19-21/h8-12,15H,1-7H2,(H,18,23)(H,25,26)/p-1/t9-,10-,11?,12?/m0/s1. The second-order valence-electron chi connectivity index (χ2n) is 7.26. The molecule has 2 bridgehead atoms. The highest BCUT2D eigenvalue weighted by Gasteiger charge is 2.48. The van der Waals surface area contributed by atoms with Gasteiger partial charge in [0.15, 0.2) is 6.33 Å². The van der Waals surface area contributed by atoms with E-state index in [1.54, 1.807) is 0 Å². The summed E-state index contributed by atoms with van der Waals surface area (Å²) in [6.07, 6.45) is 3.08. The largest absolute Gasteiger partial charge is 0.748 e. The first kappa shape index (κ1) is 20.1.